The molecule has 0 bridgehead atoms. The van der Waals surface area contributed by atoms with Gasteiger partial charge >= 0.3 is 0 Å². The molecule has 4 nitrogen and oxygen atoms in total. The van der Waals surface area contributed by atoms with Crippen LogP contribution in [-0.2, 0) is 9.47 Å². The van der Waals surface area contributed by atoms with E-state index in [1.165, 1.54) is 0 Å². The summed E-state index contributed by atoms with van der Waals surface area (Å²) >= 11 is 0. The van der Waals surface area contributed by atoms with Crippen LogP contribution in [0.3, 0.4) is 0 Å². The van der Waals surface area contributed by atoms with Crippen LogP contribution < -0.4 is 0 Å². The normalized spacial score (nSPS) is 22.5. The van der Waals surface area contributed by atoms with Crippen LogP contribution in [0, 0.1) is 0 Å². The molecule has 0 amide bonds. The Kier molecular flexibility index (Phi) is 4.53. The summed E-state index contributed by atoms with van der Waals surface area (Å²) in [6.07, 6.45) is -0.140. The van der Waals surface area contributed by atoms with Crippen LogP contribution in [-0.4, -0.2) is 55.8 Å². The molecule has 1 N–H and O–H groups in total. The lowest BCUT2D eigenvalue weighted by Gasteiger charge is -2.32. The van der Waals surface area contributed by atoms with Gasteiger partial charge in [-0.3, -0.25) is 4.90 Å². The summed E-state index contributed by atoms with van der Waals surface area (Å²) in [5.74, 6) is 0. The summed E-state index contributed by atoms with van der Waals surface area (Å²) in [5.41, 5.74) is 0. The van der Waals surface area contributed by atoms with Crippen molar-refractivity contribution in [2.45, 2.75) is 13.2 Å². The first kappa shape index (κ1) is 9.92. The standard InChI is InChI=1S/C8H17NO3/c1-2-12-8(7-10)9-3-5-11-6-4-9/h8,10H,2-7H2,1H3. The topological polar surface area (TPSA) is 41.9 Å². The highest BCUT2D eigenvalue weighted by Crippen LogP contribution is 2.04. The molecule has 0 aromatic carbocycles. The SMILES string of the molecule is CCOC(CO)N1CCOCC1. The van der Waals surface area contributed by atoms with Crippen LogP contribution in [0.1, 0.15) is 6.92 Å². The van der Waals surface area contributed by atoms with Gasteiger partial charge < -0.3 is 14.6 Å². The maximum absolute atomic E-state index is 9.00. The second-order valence-electron chi connectivity index (χ2n) is 2.74. The molecule has 72 valence electrons. The number of nitrogens with zero attached hydrogens (tertiary/aromatic N) is 1. The van der Waals surface area contributed by atoms with Crippen molar-refractivity contribution in [3.63, 3.8) is 0 Å². The molecule has 1 saturated heterocycles. The van der Waals surface area contributed by atoms with E-state index >= 15 is 0 Å². The van der Waals surface area contributed by atoms with E-state index in [-0.39, 0.29) is 12.8 Å². The summed E-state index contributed by atoms with van der Waals surface area (Å²) in [4.78, 5) is 2.10. The molecular formula is C8H17NO3. The molecule has 0 radical (unpaired) electrons. The third-order valence-electron chi connectivity index (χ3n) is 1.97. The van der Waals surface area contributed by atoms with Gasteiger partial charge in [-0.25, -0.2) is 0 Å². The highest BCUT2D eigenvalue weighted by molar-refractivity contribution is 4.65. The average Bonchev–Trinajstić information content (AvgIpc) is 2.15. The molecule has 0 saturated carbocycles. The van der Waals surface area contributed by atoms with E-state index in [2.05, 4.69) is 4.90 Å². The van der Waals surface area contributed by atoms with Crippen molar-refractivity contribution in [2.24, 2.45) is 0 Å². The first-order chi connectivity index (χ1) is 5.88. The molecule has 1 unspecified atom stereocenters. The van der Waals surface area contributed by atoms with Gasteiger partial charge in [-0.15, -0.1) is 0 Å². The Balaban J connectivity index is 2.29. The van der Waals surface area contributed by atoms with E-state index in [9.17, 15) is 0 Å². The highest BCUT2D eigenvalue weighted by Gasteiger charge is 2.19. The third-order valence-corrected chi connectivity index (χ3v) is 1.97. The van der Waals surface area contributed by atoms with Crippen LogP contribution in [0.4, 0.5) is 0 Å². The quantitative estimate of drug-likeness (QED) is 0.635. The average molecular weight is 175 g/mol. The lowest BCUT2D eigenvalue weighted by molar-refractivity contribution is -0.113. The zero-order valence-corrected chi connectivity index (χ0v) is 7.53. The Morgan fingerprint density at radius 2 is 2.17 bits per heavy atom. The zero-order valence-electron chi connectivity index (χ0n) is 7.53. The smallest absolute Gasteiger partial charge is 0.134 e. The van der Waals surface area contributed by atoms with Crippen molar-refractivity contribution in [3.05, 3.63) is 0 Å². The van der Waals surface area contributed by atoms with Crippen molar-refractivity contribution in [1.29, 1.82) is 0 Å². The first-order valence-corrected chi connectivity index (χ1v) is 4.42. The van der Waals surface area contributed by atoms with Gasteiger partial charge in [-0.05, 0) is 6.92 Å². The summed E-state index contributed by atoms with van der Waals surface area (Å²) in [7, 11) is 0. The number of hydrogen-bond donors (Lipinski definition) is 1. The molecule has 1 rings (SSSR count). The molecule has 1 atom stereocenters. The minimum atomic E-state index is -0.140. The number of aliphatic hydroxyl groups excluding tert-OH is 1. The van der Waals surface area contributed by atoms with Crippen LogP contribution in [0.5, 0.6) is 0 Å². The van der Waals surface area contributed by atoms with Gasteiger partial charge in [0, 0.05) is 19.7 Å². The van der Waals surface area contributed by atoms with Gasteiger partial charge in [0.1, 0.15) is 6.23 Å². The summed E-state index contributed by atoms with van der Waals surface area (Å²) in [6, 6.07) is 0. The predicted molar refractivity (Wildman–Crippen MR) is 44.9 cm³/mol. The molecule has 0 aromatic rings. The molecular weight excluding hydrogens is 158 g/mol. The molecule has 0 aliphatic carbocycles. The predicted octanol–water partition coefficient (Wildman–Crippen LogP) is -0.327. The van der Waals surface area contributed by atoms with E-state index in [0.29, 0.717) is 6.61 Å². The van der Waals surface area contributed by atoms with Crippen LogP contribution >= 0.6 is 0 Å². The molecule has 12 heavy (non-hydrogen) atoms. The van der Waals surface area contributed by atoms with Crippen molar-refractivity contribution in [1.82, 2.24) is 4.90 Å². The second kappa shape index (κ2) is 5.48. The maximum Gasteiger partial charge on any atom is 0.134 e. The number of hydrogen-bond acceptors (Lipinski definition) is 4. The van der Waals surface area contributed by atoms with Crippen molar-refractivity contribution >= 4 is 0 Å². The van der Waals surface area contributed by atoms with E-state index in [0.717, 1.165) is 26.3 Å². The Morgan fingerprint density at radius 1 is 1.50 bits per heavy atom. The van der Waals surface area contributed by atoms with E-state index < -0.39 is 0 Å². The maximum atomic E-state index is 9.00. The van der Waals surface area contributed by atoms with Gasteiger partial charge in [0.15, 0.2) is 0 Å². The molecule has 0 aromatic heterocycles. The number of rotatable bonds is 4. The molecule has 1 aliphatic heterocycles. The molecule has 0 spiro atoms. The van der Waals surface area contributed by atoms with E-state index in [1.807, 2.05) is 6.92 Å². The summed E-state index contributed by atoms with van der Waals surface area (Å²) in [6.45, 7) is 5.82. The second-order valence-corrected chi connectivity index (χ2v) is 2.74. The first-order valence-electron chi connectivity index (χ1n) is 4.42. The monoisotopic (exact) mass is 175 g/mol. The van der Waals surface area contributed by atoms with Gasteiger partial charge in [0.25, 0.3) is 0 Å². The van der Waals surface area contributed by atoms with Gasteiger partial charge in [0.05, 0.1) is 19.8 Å². The van der Waals surface area contributed by atoms with E-state index in [1.54, 1.807) is 0 Å². The van der Waals surface area contributed by atoms with Crippen LogP contribution in [0.2, 0.25) is 0 Å². The fraction of sp³-hybridized carbons (Fsp3) is 1.00. The largest absolute Gasteiger partial charge is 0.392 e. The number of morpholine rings is 1. The zero-order chi connectivity index (χ0) is 8.81. The minimum Gasteiger partial charge on any atom is -0.392 e. The van der Waals surface area contributed by atoms with Crippen molar-refractivity contribution < 1.29 is 14.6 Å². The Labute approximate surface area is 73.1 Å². The van der Waals surface area contributed by atoms with Gasteiger partial charge in [0.2, 0.25) is 0 Å². The Morgan fingerprint density at radius 3 is 2.67 bits per heavy atom. The Hall–Kier alpha value is -0.160. The summed E-state index contributed by atoms with van der Waals surface area (Å²) in [5, 5.41) is 9.00. The van der Waals surface area contributed by atoms with Crippen molar-refractivity contribution in [3.8, 4) is 0 Å². The highest BCUT2D eigenvalue weighted by atomic mass is 16.5. The lowest BCUT2D eigenvalue weighted by atomic mass is 10.4. The fourth-order valence-electron chi connectivity index (χ4n) is 1.33. The summed E-state index contributed by atoms with van der Waals surface area (Å²) < 4.78 is 10.5. The number of ether oxygens (including phenoxy) is 2. The third kappa shape index (κ3) is 2.71. The van der Waals surface area contributed by atoms with E-state index in [4.69, 9.17) is 14.6 Å². The lowest BCUT2D eigenvalue weighted by Crippen LogP contribution is -2.46. The Bertz CT molecular complexity index is 112. The molecule has 4 heteroatoms. The van der Waals surface area contributed by atoms with Gasteiger partial charge in [-0.2, -0.15) is 0 Å². The van der Waals surface area contributed by atoms with Crippen molar-refractivity contribution in [2.75, 3.05) is 39.5 Å². The number of aliphatic hydroxyl groups is 1. The molecule has 1 heterocycles. The van der Waals surface area contributed by atoms with Gasteiger partial charge in [-0.1, -0.05) is 0 Å². The van der Waals surface area contributed by atoms with Crippen LogP contribution in [0.25, 0.3) is 0 Å². The molecule has 1 fully saturated rings. The minimum absolute atomic E-state index is 0.0633. The molecule has 1 aliphatic rings. The fourth-order valence-corrected chi connectivity index (χ4v) is 1.33. The van der Waals surface area contributed by atoms with Crippen LogP contribution in [0.15, 0.2) is 0 Å².